The zero-order valence-corrected chi connectivity index (χ0v) is 17.2. The van der Waals surface area contributed by atoms with Gasteiger partial charge in [0.15, 0.2) is 0 Å². The van der Waals surface area contributed by atoms with E-state index >= 15 is 0 Å². The molecule has 0 aliphatic carbocycles. The molecule has 0 saturated heterocycles. The highest BCUT2D eigenvalue weighted by atomic mass is 35.5. The third-order valence-electron chi connectivity index (χ3n) is 3.91. The maximum absolute atomic E-state index is 12.4. The first-order valence-corrected chi connectivity index (χ1v) is 9.33. The number of carbonyl (C=O) groups is 2. The number of amides is 2. The van der Waals surface area contributed by atoms with Gasteiger partial charge in [0.25, 0.3) is 11.8 Å². The first-order chi connectivity index (χ1) is 13.3. The van der Waals surface area contributed by atoms with Crippen molar-refractivity contribution < 1.29 is 19.1 Å². The smallest absolute Gasteiger partial charge is 0.253 e. The monoisotopic (exact) mass is 404 g/mol. The fourth-order valence-electron chi connectivity index (χ4n) is 2.40. The summed E-state index contributed by atoms with van der Waals surface area (Å²) in [6, 6.07) is 12.2. The van der Waals surface area contributed by atoms with Crippen molar-refractivity contribution in [3.05, 3.63) is 58.6 Å². The summed E-state index contributed by atoms with van der Waals surface area (Å²) in [7, 11) is 1.59. The highest BCUT2D eigenvalue weighted by molar-refractivity contribution is 6.34. The number of methoxy groups -OCH3 is 1. The lowest BCUT2D eigenvalue weighted by Crippen LogP contribution is -2.30. The van der Waals surface area contributed by atoms with Gasteiger partial charge in [0.1, 0.15) is 11.9 Å². The highest BCUT2D eigenvalue weighted by Crippen LogP contribution is 2.24. The molecule has 0 spiro atoms. The van der Waals surface area contributed by atoms with Crippen LogP contribution < -0.4 is 15.4 Å². The van der Waals surface area contributed by atoms with Gasteiger partial charge in [0.05, 0.1) is 24.4 Å². The quantitative estimate of drug-likeness (QED) is 0.696. The van der Waals surface area contributed by atoms with E-state index in [1.165, 1.54) is 0 Å². The van der Waals surface area contributed by atoms with Crippen molar-refractivity contribution >= 4 is 29.1 Å². The Balaban J connectivity index is 1.99. The van der Waals surface area contributed by atoms with Crippen LogP contribution in [0.4, 0.5) is 5.69 Å². The van der Waals surface area contributed by atoms with Crippen LogP contribution in [0.3, 0.4) is 0 Å². The van der Waals surface area contributed by atoms with E-state index < -0.39 is 6.10 Å². The second-order valence-electron chi connectivity index (χ2n) is 6.62. The van der Waals surface area contributed by atoms with Gasteiger partial charge in [-0.05, 0) is 56.7 Å². The molecule has 0 saturated carbocycles. The van der Waals surface area contributed by atoms with E-state index in [-0.39, 0.29) is 24.5 Å². The van der Waals surface area contributed by atoms with E-state index in [0.29, 0.717) is 16.3 Å². The number of hydrogen-bond donors (Lipinski definition) is 2. The van der Waals surface area contributed by atoms with Crippen molar-refractivity contribution in [2.24, 2.45) is 0 Å². The van der Waals surface area contributed by atoms with Crippen LogP contribution in [0.15, 0.2) is 42.5 Å². The number of nitrogens with one attached hydrogen (secondary N) is 2. The Labute approximate surface area is 170 Å². The SMILES string of the molecule is COc1cccc(COC(C)C(=O)Nc2cc(C(=O)NC(C)C)ccc2Cl)c1. The predicted octanol–water partition coefficient (Wildman–Crippen LogP) is 4.03. The molecule has 0 aliphatic rings. The molecule has 1 atom stereocenters. The van der Waals surface area contributed by atoms with Crippen LogP contribution in [0.25, 0.3) is 0 Å². The summed E-state index contributed by atoms with van der Waals surface area (Å²) in [6.45, 7) is 5.66. The van der Waals surface area contributed by atoms with Gasteiger partial charge >= 0.3 is 0 Å². The summed E-state index contributed by atoms with van der Waals surface area (Å²) >= 11 is 6.16. The Bertz CT molecular complexity index is 839. The molecule has 0 heterocycles. The van der Waals surface area contributed by atoms with Crippen molar-refractivity contribution in [1.82, 2.24) is 5.32 Å². The zero-order valence-electron chi connectivity index (χ0n) is 16.4. The van der Waals surface area contributed by atoms with Crippen molar-refractivity contribution in [1.29, 1.82) is 0 Å². The fraction of sp³-hybridized carbons (Fsp3) is 0.333. The lowest BCUT2D eigenvalue weighted by atomic mass is 10.1. The minimum atomic E-state index is -0.713. The molecule has 0 aromatic heterocycles. The van der Waals surface area contributed by atoms with Gasteiger partial charge in [-0.25, -0.2) is 0 Å². The fourth-order valence-corrected chi connectivity index (χ4v) is 2.57. The summed E-state index contributed by atoms with van der Waals surface area (Å²) in [5.41, 5.74) is 1.67. The summed E-state index contributed by atoms with van der Waals surface area (Å²) in [5.74, 6) is 0.136. The van der Waals surface area contributed by atoms with Gasteiger partial charge in [-0.1, -0.05) is 23.7 Å². The van der Waals surface area contributed by atoms with Crippen LogP contribution in [0.2, 0.25) is 5.02 Å². The molecule has 2 aromatic carbocycles. The first kappa shape index (κ1) is 21.7. The molecule has 0 radical (unpaired) electrons. The Morgan fingerprint density at radius 2 is 1.86 bits per heavy atom. The molecule has 0 fully saturated rings. The van der Waals surface area contributed by atoms with Gasteiger partial charge in [-0.2, -0.15) is 0 Å². The maximum atomic E-state index is 12.4. The van der Waals surface area contributed by atoms with E-state index in [1.54, 1.807) is 32.2 Å². The molecule has 2 aromatic rings. The van der Waals surface area contributed by atoms with Gasteiger partial charge in [-0.15, -0.1) is 0 Å². The number of ether oxygens (including phenoxy) is 2. The summed E-state index contributed by atoms with van der Waals surface area (Å²) < 4.78 is 10.8. The van der Waals surface area contributed by atoms with E-state index in [4.69, 9.17) is 21.1 Å². The largest absolute Gasteiger partial charge is 0.497 e. The normalized spacial score (nSPS) is 11.8. The summed E-state index contributed by atoms with van der Waals surface area (Å²) in [4.78, 5) is 24.6. The molecular weight excluding hydrogens is 380 g/mol. The van der Waals surface area contributed by atoms with Crippen molar-refractivity contribution in [3.63, 3.8) is 0 Å². The average Bonchev–Trinajstić information content (AvgIpc) is 2.67. The van der Waals surface area contributed by atoms with Crippen LogP contribution in [0.5, 0.6) is 5.75 Å². The van der Waals surface area contributed by atoms with Crippen LogP contribution in [0, 0.1) is 0 Å². The standard InChI is InChI=1S/C21H25ClN2O4/c1-13(2)23-21(26)16-8-9-18(22)19(11-16)24-20(25)14(3)28-12-15-6-5-7-17(10-15)27-4/h5-11,13-14H,12H2,1-4H3,(H,23,26)(H,24,25). The lowest BCUT2D eigenvalue weighted by Gasteiger charge is -2.15. The molecule has 2 N–H and O–H groups in total. The maximum Gasteiger partial charge on any atom is 0.253 e. The molecule has 28 heavy (non-hydrogen) atoms. The molecule has 7 heteroatoms. The van der Waals surface area contributed by atoms with E-state index in [0.717, 1.165) is 11.3 Å². The van der Waals surface area contributed by atoms with Crippen LogP contribution in [0.1, 0.15) is 36.7 Å². The van der Waals surface area contributed by atoms with Gasteiger partial charge in [0, 0.05) is 11.6 Å². The predicted molar refractivity (Wildman–Crippen MR) is 110 cm³/mol. The van der Waals surface area contributed by atoms with E-state index in [2.05, 4.69) is 10.6 Å². The molecular formula is C21H25ClN2O4. The van der Waals surface area contributed by atoms with Crippen LogP contribution in [-0.2, 0) is 16.1 Å². The second kappa shape index (κ2) is 10.1. The summed E-state index contributed by atoms with van der Waals surface area (Å²) in [5, 5.41) is 5.86. The molecule has 1 unspecified atom stereocenters. The highest BCUT2D eigenvalue weighted by Gasteiger charge is 2.17. The van der Waals surface area contributed by atoms with E-state index in [1.807, 2.05) is 38.1 Å². The number of carbonyl (C=O) groups excluding carboxylic acids is 2. The molecule has 0 bridgehead atoms. The Morgan fingerprint density at radius 1 is 1.11 bits per heavy atom. The first-order valence-electron chi connectivity index (χ1n) is 8.96. The number of halogens is 1. The summed E-state index contributed by atoms with van der Waals surface area (Å²) in [6.07, 6.45) is -0.713. The third kappa shape index (κ3) is 6.25. The second-order valence-corrected chi connectivity index (χ2v) is 7.02. The van der Waals surface area contributed by atoms with Gasteiger partial charge in [-0.3, -0.25) is 9.59 Å². The molecule has 0 aliphatic heterocycles. The molecule has 2 rings (SSSR count). The molecule has 150 valence electrons. The number of anilines is 1. The van der Waals surface area contributed by atoms with Crippen molar-refractivity contribution in [2.45, 2.75) is 39.5 Å². The Morgan fingerprint density at radius 3 is 2.54 bits per heavy atom. The topological polar surface area (TPSA) is 76.7 Å². The van der Waals surface area contributed by atoms with Crippen LogP contribution >= 0.6 is 11.6 Å². The van der Waals surface area contributed by atoms with Gasteiger partial charge < -0.3 is 20.1 Å². The van der Waals surface area contributed by atoms with Crippen molar-refractivity contribution in [3.8, 4) is 5.75 Å². The molecule has 6 nitrogen and oxygen atoms in total. The average molecular weight is 405 g/mol. The lowest BCUT2D eigenvalue weighted by molar-refractivity contribution is -0.127. The van der Waals surface area contributed by atoms with E-state index in [9.17, 15) is 9.59 Å². The minimum absolute atomic E-state index is 0.00579. The Kier molecular flexibility index (Phi) is 7.84. The molecule has 2 amide bonds. The third-order valence-corrected chi connectivity index (χ3v) is 4.24. The van der Waals surface area contributed by atoms with Crippen LogP contribution in [-0.4, -0.2) is 31.1 Å². The number of hydrogen-bond acceptors (Lipinski definition) is 4. The Hall–Kier alpha value is -2.57. The minimum Gasteiger partial charge on any atom is -0.497 e. The zero-order chi connectivity index (χ0) is 20.7. The van der Waals surface area contributed by atoms with Gasteiger partial charge in [0.2, 0.25) is 0 Å². The van der Waals surface area contributed by atoms with Crippen molar-refractivity contribution in [2.75, 3.05) is 12.4 Å². The number of benzene rings is 2. The number of rotatable bonds is 8.